The van der Waals surface area contributed by atoms with Gasteiger partial charge in [-0.25, -0.2) is 4.98 Å². The molecule has 0 spiro atoms. The molecule has 0 aromatic carbocycles. The van der Waals surface area contributed by atoms with Crippen molar-refractivity contribution in [3.8, 4) is 0 Å². The summed E-state index contributed by atoms with van der Waals surface area (Å²) in [6, 6.07) is 5.57. The molecule has 6 heteroatoms. The number of carbonyl (C=O) groups is 1. The molecule has 0 unspecified atom stereocenters. The van der Waals surface area contributed by atoms with E-state index in [0.717, 1.165) is 5.65 Å². The summed E-state index contributed by atoms with van der Waals surface area (Å²) in [5.41, 5.74) is 1.38. The number of aliphatic hydroxyl groups is 1. The average molecular weight is 280 g/mol. The van der Waals surface area contributed by atoms with E-state index in [1.807, 2.05) is 24.4 Å². The van der Waals surface area contributed by atoms with Gasteiger partial charge in [-0.15, -0.1) is 0 Å². The fourth-order valence-electron chi connectivity index (χ4n) is 1.67. The topological polar surface area (TPSA) is 57.8 Å². The Morgan fingerprint density at radius 2 is 2.37 bits per heavy atom. The maximum atomic E-state index is 11.7. The van der Waals surface area contributed by atoms with Crippen molar-refractivity contribution >= 4 is 29.2 Å². The number of aliphatic hydroxyl groups excluding tert-OH is 1. The minimum atomic E-state index is -0.198. The number of rotatable bonds is 4. The molecule has 0 fully saturated rings. The number of hydrogen-bond acceptors (Lipinski definition) is 3. The molecular formula is C13H14ClN3O2. The second-order valence-corrected chi connectivity index (χ2v) is 4.39. The highest BCUT2D eigenvalue weighted by Crippen LogP contribution is 2.18. The van der Waals surface area contributed by atoms with E-state index < -0.39 is 0 Å². The molecule has 0 atom stereocenters. The number of amides is 1. The molecule has 0 aliphatic carbocycles. The van der Waals surface area contributed by atoms with Crippen LogP contribution in [0.1, 0.15) is 5.69 Å². The number of pyridine rings is 1. The summed E-state index contributed by atoms with van der Waals surface area (Å²) in [7, 11) is 1.62. The molecule has 0 radical (unpaired) electrons. The maximum Gasteiger partial charge on any atom is 0.246 e. The van der Waals surface area contributed by atoms with Gasteiger partial charge in [-0.2, -0.15) is 0 Å². The summed E-state index contributed by atoms with van der Waals surface area (Å²) < 4.78 is 1.80. The zero-order valence-corrected chi connectivity index (χ0v) is 11.2. The zero-order chi connectivity index (χ0) is 13.8. The number of aromatic nitrogens is 2. The number of fused-ring (bicyclic) bond motifs is 1. The summed E-state index contributed by atoms with van der Waals surface area (Å²) in [5, 5.41) is 9.12. The predicted molar refractivity (Wildman–Crippen MR) is 74.0 cm³/mol. The quantitative estimate of drug-likeness (QED) is 0.862. The van der Waals surface area contributed by atoms with Crippen molar-refractivity contribution < 1.29 is 9.90 Å². The Balaban J connectivity index is 2.26. The van der Waals surface area contributed by atoms with Gasteiger partial charge in [0.15, 0.2) is 5.15 Å². The van der Waals surface area contributed by atoms with E-state index in [9.17, 15) is 4.79 Å². The molecule has 0 bridgehead atoms. The van der Waals surface area contributed by atoms with E-state index in [0.29, 0.717) is 17.4 Å². The second-order valence-electron chi connectivity index (χ2n) is 4.03. The summed E-state index contributed by atoms with van der Waals surface area (Å²) in [6.07, 6.45) is 4.87. The van der Waals surface area contributed by atoms with Crippen LogP contribution in [0.3, 0.4) is 0 Å². The van der Waals surface area contributed by atoms with Crippen LogP contribution in [0.2, 0.25) is 5.15 Å². The Labute approximate surface area is 115 Å². The van der Waals surface area contributed by atoms with Gasteiger partial charge in [0, 0.05) is 25.9 Å². The van der Waals surface area contributed by atoms with Crippen molar-refractivity contribution in [1.82, 2.24) is 14.3 Å². The molecule has 0 aliphatic heterocycles. The fraction of sp³-hybridized carbons (Fsp3) is 0.231. The van der Waals surface area contributed by atoms with Crippen LogP contribution in [-0.4, -0.2) is 45.5 Å². The number of imidazole rings is 1. The van der Waals surface area contributed by atoms with Gasteiger partial charge in [-0.05, 0) is 18.2 Å². The van der Waals surface area contributed by atoms with Gasteiger partial charge in [0.2, 0.25) is 5.91 Å². The normalized spacial score (nSPS) is 11.3. The first-order chi connectivity index (χ1) is 9.13. The van der Waals surface area contributed by atoms with Crippen LogP contribution >= 0.6 is 11.6 Å². The Morgan fingerprint density at radius 3 is 3.11 bits per heavy atom. The van der Waals surface area contributed by atoms with Gasteiger partial charge < -0.3 is 10.0 Å². The Morgan fingerprint density at radius 1 is 1.58 bits per heavy atom. The molecule has 5 nitrogen and oxygen atoms in total. The van der Waals surface area contributed by atoms with Crippen LogP contribution in [0, 0.1) is 0 Å². The zero-order valence-electron chi connectivity index (χ0n) is 10.5. The average Bonchev–Trinajstić information content (AvgIpc) is 2.72. The molecule has 0 saturated heterocycles. The van der Waals surface area contributed by atoms with Crippen molar-refractivity contribution in [2.24, 2.45) is 0 Å². The lowest BCUT2D eigenvalue weighted by Crippen LogP contribution is -2.27. The minimum absolute atomic E-state index is 0.0630. The lowest BCUT2D eigenvalue weighted by atomic mass is 10.3. The smallest absolute Gasteiger partial charge is 0.246 e. The van der Waals surface area contributed by atoms with Crippen LogP contribution in [0.15, 0.2) is 30.5 Å². The van der Waals surface area contributed by atoms with Crippen molar-refractivity contribution in [1.29, 1.82) is 0 Å². The first-order valence-electron chi connectivity index (χ1n) is 5.80. The van der Waals surface area contributed by atoms with E-state index >= 15 is 0 Å². The second kappa shape index (κ2) is 5.86. The third-order valence-corrected chi connectivity index (χ3v) is 3.00. The largest absolute Gasteiger partial charge is 0.395 e. The summed E-state index contributed by atoms with van der Waals surface area (Å²) in [6.45, 7) is 0.233. The monoisotopic (exact) mass is 279 g/mol. The number of halogens is 1. The number of hydrogen-bond donors (Lipinski definition) is 1. The van der Waals surface area contributed by atoms with Crippen molar-refractivity contribution in [3.05, 3.63) is 41.3 Å². The van der Waals surface area contributed by atoms with E-state index in [1.54, 1.807) is 17.5 Å². The van der Waals surface area contributed by atoms with Gasteiger partial charge in [0.05, 0.1) is 12.3 Å². The Hall–Kier alpha value is -1.85. The standard InChI is InChI=1S/C13H14ClN3O2/c1-16(8-9-18)12(19)6-5-10-13(14)15-11-4-2-3-7-17(10)11/h2-7,18H,8-9H2,1H3/b6-5+. The summed E-state index contributed by atoms with van der Waals surface area (Å²) >= 11 is 6.04. The first kappa shape index (κ1) is 13.6. The van der Waals surface area contributed by atoms with E-state index in [4.69, 9.17) is 16.7 Å². The predicted octanol–water partition coefficient (Wildman–Crippen LogP) is 1.45. The molecule has 19 heavy (non-hydrogen) atoms. The molecule has 0 saturated carbocycles. The van der Waals surface area contributed by atoms with Crippen LogP contribution in [0.25, 0.3) is 11.7 Å². The summed E-state index contributed by atoms with van der Waals surface area (Å²) in [4.78, 5) is 17.3. The summed E-state index contributed by atoms with van der Waals surface area (Å²) in [5.74, 6) is -0.198. The highest BCUT2D eigenvalue weighted by molar-refractivity contribution is 6.31. The van der Waals surface area contributed by atoms with Crippen molar-refractivity contribution in [3.63, 3.8) is 0 Å². The molecule has 2 rings (SSSR count). The maximum absolute atomic E-state index is 11.7. The molecule has 100 valence electrons. The lowest BCUT2D eigenvalue weighted by molar-refractivity contribution is -0.125. The van der Waals surface area contributed by atoms with E-state index in [1.165, 1.54) is 11.0 Å². The third-order valence-electron chi connectivity index (χ3n) is 2.72. The van der Waals surface area contributed by atoms with Crippen LogP contribution in [-0.2, 0) is 4.79 Å². The van der Waals surface area contributed by atoms with Gasteiger partial charge in [0.1, 0.15) is 5.65 Å². The van der Waals surface area contributed by atoms with Gasteiger partial charge in [0.25, 0.3) is 0 Å². The number of likely N-dealkylation sites (N-methyl/N-ethyl adjacent to an activating group) is 1. The molecule has 2 heterocycles. The fourth-order valence-corrected chi connectivity index (χ4v) is 1.91. The van der Waals surface area contributed by atoms with Crippen molar-refractivity contribution in [2.45, 2.75) is 0 Å². The molecule has 0 aliphatic rings. The van der Waals surface area contributed by atoms with Gasteiger partial charge >= 0.3 is 0 Å². The number of nitrogens with zero attached hydrogens (tertiary/aromatic N) is 3. The Bertz CT molecular complexity index is 621. The molecular weight excluding hydrogens is 266 g/mol. The highest BCUT2D eigenvalue weighted by atomic mass is 35.5. The van der Waals surface area contributed by atoms with Crippen LogP contribution < -0.4 is 0 Å². The molecule has 2 aromatic rings. The first-order valence-corrected chi connectivity index (χ1v) is 6.18. The van der Waals surface area contributed by atoms with Crippen LogP contribution in [0.5, 0.6) is 0 Å². The minimum Gasteiger partial charge on any atom is -0.395 e. The van der Waals surface area contributed by atoms with E-state index in [2.05, 4.69) is 4.98 Å². The lowest BCUT2D eigenvalue weighted by Gasteiger charge is -2.12. The van der Waals surface area contributed by atoms with Crippen LogP contribution in [0.4, 0.5) is 0 Å². The van der Waals surface area contributed by atoms with Crippen molar-refractivity contribution in [2.75, 3.05) is 20.2 Å². The Kier molecular flexibility index (Phi) is 4.19. The molecule has 1 N–H and O–H groups in total. The number of carbonyl (C=O) groups excluding carboxylic acids is 1. The molecule has 1 amide bonds. The highest BCUT2D eigenvalue weighted by Gasteiger charge is 2.08. The van der Waals surface area contributed by atoms with E-state index in [-0.39, 0.29) is 12.5 Å². The SMILES string of the molecule is CN(CCO)C(=O)/C=C/c1c(Cl)nc2ccccn12. The third kappa shape index (κ3) is 2.94. The van der Waals surface area contributed by atoms with Gasteiger partial charge in [-0.3, -0.25) is 9.20 Å². The van der Waals surface area contributed by atoms with Gasteiger partial charge in [-0.1, -0.05) is 17.7 Å². The molecule has 2 aromatic heterocycles.